The van der Waals surface area contributed by atoms with E-state index in [1.165, 1.54) is 0 Å². The Morgan fingerprint density at radius 1 is 0.962 bits per heavy atom. The zero-order chi connectivity index (χ0) is 18.5. The van der Waals surface area contributed by atoms with Crippen molar-refractivity contribution in [2.75, 3.05) is 26.2 Å². The molecule has 0 unspecified atom stereocenters. The van der Waals surface area contributed by atoms with E-state index >= 15 is 0 Å². The number of amides is 2. The smallest absolute Gasteiger partial charge is 0.253 e. The van der Waals surface area contributed by atoms with Crippen LogP contribution < -0.4 is 0 Å². The fraction of sp³-hybridized carbons (Fsp3) is 0.333. The summed E-state index contributed by atoms with van der Waals surface area (Å²) in [6.45, 7) is 4.48. The molecule has 136 valence electrons. The lowest BCUT2D eigenvalue weighted by molar-refractivity contribution is -0.130. The summed E-state index contributed by atoms with van der Waals surface area (Å²) >= 11 is 5.99. The summed E-state index contributed by atoms with van der Waals surface area (Å²) in [5, 5.41) is 0.556. The lowest BCUT2D eigenvalue weighted by atomic mass is 10.1. The summed E-state index contributed by atoms with van der Waals surface area (Å²) in [4.78, 5) is 29.0. The van der Waals surface area contributed by atoms with Gasteiger partial charge in [0.25, 0.3) is 5.91 Å². The van der Waals surface area contributed by atoms with Gasteiger partial charge in [-0.2, -0.15) is 0 Å². The van der Waals surface area contributed by atoms with Gasteiger partial charge >= 0.3 is 0 Å². The first kappa shape index (κ1) is 18.5. The minimum absolute atomic E-state index is 0.0273. The Labute approximate surface area is 159 Å². The van der Waals surface area contributed by atoms with Crippen LogP contribution in [0.2, 0.25) is 5.02 Å². The zero-order valence-electron chi connectivity index (χ0n) is 15.0. The molecule has 2 amide bonds. The van der Waals surface area contributed by atoms with Gasteiger partial charge in [0.2, 0.25) is 5.91 Å². The molecule has 0 radical (unpaired) electrons. The van der Waals surface area contributed by atoms with Crippen LogP contribution in [-0.2, 0) is 11.2 Å². The van der Waals surface area contributed by atoms with E-state index in [1.54, 1.807) is 24.3 Å². The summed E-state index contributed by atoms with van der Waals surface area (Å²) in [5.41, 5.74) is 2.78. The highest BCUT2D eigenvalue weighted by Gasteiger charge is 2.23. The summed E-state index contributed by atoms with van der Waals surface area (Å²) in [6.07, 6.45) is 1.19. The Morgan fingerprint density at radius 3 is 2.46 bits per heavy atom. The third-order valence-corrected chi connectivity index (χ3v) is 4.88. The summed E-state index contributed by atoms with van der Waals surface area (Å²) in [7, 11) is 0. The minimum Gasteiger partial charge on any atom is -0.341 e. The molecule has 1 fully saturated rings. The molecule has 2 aromatic carbocycles. The maximum absolute atomic E-state index is 12.7. The van der Waals surface area contributed by atoms with E-state index in [0.29, 0.717) is 43.2 Å². The van der Waals surface area contributed by atoms with Gasteiger partial charge in [0.05, 0.1) is 6.42 Å². The number of rotatable bonds is 3. The molecule has 0 bridgehead atoms. The average molecular weight is 371 g/mol. The molecular formula is C21H23ClN2O2. The van der Waals surface area contributed by atoms with Crippen LogP contribution in [0.4, 0.5) is 0 Å². The molecule has 1 saturated heterocycles. The van der Waals surface area contributed by atoms with Gasteiger partial charge in [-0.3, -0.25) is 9.59 Å². The first-order chi connectivity index (χ1) is 12.5. The van der Waals surface area contributed by atoms with Crippen molar-refractivity contribution < 1.29 is 9.59 Å². The van der Waals surface area contributed by atoms with Crippen molar-refractivity contribution in [2.24, 2.45) is 0 Å². The van der Waals surface area contributed by atoms with E-state index in [4.69, 9.17) is 11.6 Å². The van der Waals surface area contributed by atoms with E-state index in [2.05, 4.69) is 0 Å². The van der Waals surface area contributed by atoms with Gasteiger partial charge in [-0.05, 0) is 37.1 Å². The number of carbonyl (C=O) groups excluding carboxylic acids is 2. The third-order valence-electron chi connectivity index (χ3n) is 4.65. The number of carbonyl (C=O) groups is 2. The van der Waals surface area contributed by atoms with E-state index < -0.39 is 0 Å². The Bertz CT molecular complexity index is 806. The van der Waals surface area contributed by atoms with E-state index in [9.17, 15) is 9.59 Å². The van der Waals surface area contributed by atoms with E-state index in [-0.39, 0.29) is 11.8 Å². The highest BCUT2D eigenvalue weighted by atomic mass is 35.5. The van der Waals surface area contributed by atoms with Crippen molar-refractivity contribution in [3.05, 3.63) is 70.2 Å². The number of hydrogen-bond acceptors (Lipinski definition) is 2. The fourth-order valence-corrected chi connectivity index (χ4v) is 3.47. The van der Waals surface area contributed by atoms with Crippen LogP contribution in [0.1, 0.15) is 27.9 Å². The van der Waals surface area contributed by atoms with Gasteiger partial charge in [0.1, 0.15) is 0 Å². The van der Waals surface area contributed by atoms with Crippen LogP contribution in [-0.4, -0.2) is 47.8 Å². The monoisotopic (exact) mass is 370 g/mol. The lowest BCUT2D eigenvalue weighted by Crippen LogP contribution is -2.38. The van der Waals surface area contributed by atoms with Gasteiger partial charge in [-0.25, -0.2) is 0 Å². The van der Waals surface area contributed by atoms with Gasteiger partial charge < -0.3 is 9.80 Å². The molecule has 0 atom stereocenters. The Balaban J connectivity index is 1.61. The summed E-state index contributed by atoms with van der Waals surface area (Å²) in [6, 6.07) is 15.0. The van der Waals surface area contributed by atoms with Gasteiger partial charge in [0, 0.05) is 36.8 Å². The molecule has 3 rings (SSSR count). The molecular weight excluding hydrogens is 348 g/mol. The van der Waals surface area contributed by atoms with Crippen molar-refractivity contribution in [3.63, 3.8) is 0 Å². The minimum atomic E-state index is -0.0273. The molecule has 0 aromatic heterocycles. The molecule has 4 nitrogen and oxygen atoms in total. The Kier molecular flexibility index (Phi) is 5.94. The molecule has 5 heteroatoms. The Hall–Kier alpha value is -2.33. The second-order valence-corrected chi connectivity index (χ2v) is 7.14. The standard InChI is InChI=1S/C21H23ClN2O2/c1-16-5-2-6-17(13-16)14-20(25)23-9-4-10-24(12-11-23)21(26)18-7-3-8-19(22)15-18/h2-3,5-8,13,15H,4,9-12,14H2,1H3. The third kappa shape index (κ3) is 4.64. The van der Waals surface area contributed by atoms with Crippen molar-refractivity contribution in [3.8, 4) is 0 Å². The van der Waals surface area contributed by atoms with Gasteiger partial charge in [0.15, 0.2) is 0 Å². The van der Waals surface area contributed by atoms with Crippen molar-refractivity contribution in [1.82, 2.24) is 9.80 Å². The molecule has 26 heavy (non-hydrogen) atoms. The van der Waals surface area contributed by atoms with Crippen LogP contribution >= 0.6 is 11.6 Å². The number of halogens is 1. The molecule has 0 saturated carbocycles. The van der Waals surface area contributed by atoms with Crippen LogP contribution in [0.25, 0.3) is 0 Å². The fourth-order valence-electron chi connectivity index (χ4n) is 3.28. The second-order valence-electron chi connectivity index (χ2n) is 6.70. The van der Waals surface area contributed by atoms with E-state index in [0.717, 1.165) is 17.5 Å². The lowest BCUT2D eigenvalue weighted by Gasteiger charge is -2.22. The highest BCUT2D eigenvalue weighted by molar-refractivity contribution is 6.30. The summed E-state index contributed by atoms with van der Waals surface area (Å²) in [5.74, 6) is 0.0909. The van der Waals surface area contributed by atoms with Crippen LogP contribution in [0.5, 0.6) is 0 Å². The number of aryl methyl sites for hydroxylation is 1. The zero-order valence-corrected chi connectivity index (χ0v) is 15.7. The molecule has 0 aliphatic carbocycles. The second kappa shape index (κ2) is 8.37. The molecule has 0 spiro atoms. The molecule has 1 aliphatic rings. The summed E-state index contributed by atoms with van der Waals surface area (Å²) < 4.78 is 0. The first-order valence-electron chi connectivity index (χ1n) is 8.91. The van der Waals surface area contributed by atoms with Crippen molar-refractivity contribution in [2.45, 2.75) is 19.8 Å². The quantitative estimate of drug-likeness (QED) is 0.828. The number of benzene rings is 2. The largest absolute Gasteiger partial charge is 0.341 e. The van der Waals surface area contributed by atoms with Gasteiger partial charge in [-0.1, -0.05) is 47.5 Å². The number of nitrogens with zero attached hydrogens (tertiary/aromatic N) is 2. The van der Waals surface area contributed by atoms with Crippen LogP contribution in [0.3, 0.4) is 0 Å². The molecule has 1 aliphatic heterocycles. The van der Waals surface area contributed by atoms with Crippen LogP contribution in [0, 0.1) is 6.92 Å². The molecule has 0 N–H and O–H groups in total. The molecule has 1 heterocycles. The van der Waals surface area contributed by atoms with Crippen molar-refractivity contribution >= 4 is 23.4 Å². The van der Waals surface area contributed by atoms with Crippen LogP contribution in [0.15, 0.2) is 48.5 Å². The normalized spacial score (nSPS) is 14.8. The predicted molar refractivity (Wildman–Crippen MR) is 103 cm³/mol. The number of hydrogen-bond donors (Lipinski definition) is 0. The topological polar surface area (TPSA) is 40.6 Å². The average Bonchev–Trinajstić information content (AvgIpc) is 2.87. The Morgan fingerprint density at radius 2 is 1.69 bits per heavy atom. The maximum Gasteiger partial charge on any atom is 0.253 e. The predicted octanol–water partition coefficient (Wildman–Crippen LogP) is 3.57. The highest BCUT2D eigenvalue weighted by Crippen LogP contribution is 2.15. The first-order valence-corrected chi connectivity index (χ1v) is 9.29. The van der Waals surface area contributed by atoms with E-state index in [1.807, 2.05) is 41.0 Å². The molecule has 2 aromatic rings. The van der Waals surface area contributed by atoms with Gasteiger partial charge in [-0.15, -0.1) is 0 Å². The maximum atomic E-state index is 12.7. The SMILES string of the molecule is Cc1cccc(CC(=O)N2CCCN(C(=O)c3cccc(Cl)c3)CC2)c1. The van der Waals surface area contributed by atoms with Crippen molar-refractivity contribution in [1.29, 1.82) is 0 Å².